The fourth-order valence-electron chi connectivity index (χ4n) is 2.62. The second kappa shape index (κ2) is 11.2. The highest BCUT2D eigenvalue weighted by Gasteiger charge is 2.23. The Balaban J connectivity index is 0.00000242. The third kappa shape index (κ3) is 6.55. The SMILES string of the molecule is CCOC(C)c1nc(CC(=O)N2CCCC(NC)C2)cs1.Cl.Cl. The van der Waals surface area contributed by atoms with Crippen molar-refractivity contribution in [3.05, 3.63) is 16.1 Å². The molecule has 1 amide bonds. The molecule has 1 fully saturated rings. The van der Waals surface area contributed by atoms with Gasteiger partial charge >= 0.3 is 0 Å². The number of hydrogen-bond donors (Lipinski definition) is 1. The van der Waals surface area contributed by atoms with Crippen molar-refractivity contribution < 1.29 is 9.53 Å². The summed E-state index contributed by atoms with van der Waals surface area (Å²) in [4.78, 5) is 18.9. The Morgan fingerprint density at radius 1 is 1.57 bits per heavy atom. The first-order chi connectivity index (χ1) is 10.1. The van der Waals surface area contributed by atoms with Crippen LogP contribution in [-0.4, -0.2) is 48.6 Å². The molecule has 1 saturated heterocycles. The standard InChI is InChI=1S/C15H25N3O2S.2ClH/c1-4-20-11(2)15-17-13(10-21-15)8-14(19)18-7-5-6-12(9-18)16-3;;/h10-12,16H,4-9H2,1-3H3;2*1H. The van der Waals surface area contributed by atoms with Crippen molar-refractivity contribution in [3.63, 3.8) is 0 Å². The molecule has 5 nitrogen and oxygen atoms in total. The number of carbonyl (C=O) groups excluding carboxylic acids is 1. The van der Waals surface area contributed by atoms with Crippen LogP contribution in [0.4, 0.5) is 0 Å². The lowest BCUT2D eigenvalue weighted by Gasteiger charge is -2.32. The maximum atomic E-state index is 12.4. The number of halogens is 2. The summed E-state index contributed by atoms with van der Waals surface area (Å²) in [6.07, 6.45) is 2.62. The fraction of sp³-hybridized carbons (Fsp3) is 0.733. The minimum Gasteiger partial charge on any atom is -0.372 e. The molecular weight excluding hydrogens is 357 g/mol. The molecule has 2 unspecified atom stereocenters. The number of nitrogens with one attached hydrogen (secondary N) is 1. The lowest BCUT2D eigenvalue weighted by atomic mass is 10.1. The monoisotopic (exact) mass is 383 g/mol. The van der Waals surface area contributed by atoms with Crippen molar-refractivity contribution >= 4 is 42.1 Å². The zero-order chi connectivity index (χ0) is 15.2. The summed E-state index contributed by atoms with van der Waals surface area (Å²) in [5.41, 5.74) is 0.859. The molecular formula is C15H27Cl2N3O2S. The summed E-state index contributed by atoms with van der Waals surface area (Å²) >= 11 is 1.57. The quantitative estimate of drug-likeness (QED) is 0.820. The van der Waals surface area contributed by atoms with Gasteiger partial charge in [0, 0.05) is 31.1 Å². The Kier molecular flexibility index (Phi) is 11.0. The van der Waals surface area contributed by atoms with Gasteiger partial charge in [-0.1, -0.05) is 0 Å². The van der Waals surface area contributed by atoms with E-state index in [1.807, 2.05) is 31.2 Å². The molecule has 1 aromatic heterocycles. The van der Waals surface area contributed by atoms with Crippen molar-refractivity contribution in [1.29, 1.82) is 0 Å². The van der Waals surface area contributed by atoms with Crippen LogP contribution in [0.5, 0.6) is 0 Å². The maximum Gasteiger partial charge on any atom is 0.228 e. The van der Waals surface area contributed by atoms with Crippen LogP contribution < -0.4 is 5.32 Å². The molecule has 2 atom stereocenters. The van der Waals surface area contributed by atoms with Crippen LogP contribution in [0, 0.1) is 0 Å². The molecule has 1 aliphatic heterocycles. The van der Waals surface area contributed by atoms with Gasteiger partial charge in [-0.05, 0) is 33.7 Å². The molecule has 0 bridgehead atoms. The normalized spacial score (nSPS) is 18.7. The van der Waals surface area contributed by atoms with E-state index in [9.17, 15) is 4.79 Å². The third-order valence-electron chi connectivity index (χ3n) is 3.85. The number of likely N-dealkylation sites (N-methyl/N-ethyl adjacent to an activating group) is 1. The van der Waals surface area contributed by atoms with E-state index in [1.165, 1.54) is 0 Å². The highest BCUT2D eigenvalue weighted by molar-refractivity contribution is 7.09. The van der Waals surface area contributed by atoms with Gasteiger partial charge in [0.25, 0.3) is 0 Å². The van der Waals surface area contributed by atoms with E-state index in [1.54, 1.807) is 11.3 Å². The molecule has 8 heteroatoms. The van der Waals surface area contributed by atoms with E-state index in [4.69, 9.17) is 4.74 Å². The second-order valence-electron chi connectivity index (χ2n) is 5.42. The summed E-state index contributed by atoms with van der Waals surface area (Å²) < 4.78 is 5.54. The molecule has 1 aliphatic rings. The lowest BCUT2D eigenvalue weighted by Crippen LogP contribution is -2.47. The Hall–Kier alpha value is -0.400. The van der Waals surface area contributed by atoms with Gasteiger partial charge < -0.3 is 15.0 Å². The van der Waals surface area contributed by atoms with Gasteiger partial charge in [-0.25, -0.2) is 4.98 Å². The number of likely N-dealkylation sites (tertiary alicyclic amines) is 1. The van der Waals surface area contributed by atoms with Crippen LogP contribution in [0.1, 0.15) is 43.5 Å². The van der Waals surface area contributed by atoms with Crippen molar-refractivity contribution in [2.24, 2.45) is 0 Å². The van der Waals surface area contributed by atoms with Gasteiger partial charge in [0.2, 0.25) is 5.91 Å². The van der Waals surface area contributed by atoms with Gasteiger partial charge in [-0.3, -0.25) is 4.79 Å². The topological polar surface area (TPSA) is 54.5 Å². The highest BCUT2D eigenvalue weighted by atomic mass is 35.5. The van der Waals surface area contributed by atoms with E-state index < -0.39 is 0 Å². The van der Waals surface area contributed by atoms with Crippen molar-refractivity contribution in [1.82, 2.24) is 15.2 Å². The van der Waals surface area contributed by atoms with Crippen LogP contribution >= 0.6 is 36.2 Å². The predicted molar refractivity (Wildman–Crippen MR) is 99.0 cm³/mol. The summed E-state index contributed by atoms with van der Waals surface area (Å²) in [6.45, 7) is 6.32. The van der Waals surface area contributed by atoms with Crippen LogP contribution in [0.25, 0.3) is 0 Å². The molecule has 0 aromatic carbocycles. The Morgan fingerprint density at radius 2 is 2.30 bits per heavy atom. The van der Waals surface area contributed by atoms with E-state index >= 15 is 0 Å². The van der Waals surface area contributed by atoms with Crippen molar-refractivity contribution in [3.8, 4) is 0 Å². The predicted octanol–water partition coefficient (Wildman–Crippen LogP) is 2.84. The number of thiazole rings is 1. The van der Waals surface area contributed by atoms with Gasteiger partial charge in [-0.15, -0.1) is 36.2 Å². The summed E-state index contributed by atoms with van der Waals surface area (Å²) in [5, 5.41) is 6.19. The first-order valence-corrected chi connectivity index (χ1v) is 8.53. The van der Waals surface area contributed by atoms with Crippen LogP contribution in [0.2, 0.25) is 0 Å². The molecule has 23 heavy (non-hydrogen) atoms. The molecule has 134 valence electrons. The Bertz CT molecular complexity index is 473. The average molecular weight is 384 g/mol. The van der Waals surface area contributed by atoms with Gasteiger partial charge in [0.05, 0.1) is 12.1 Å². The van der Waals surface area contributed by atoms with E-state index in [2.05, 4.69) is 10.3 Å². The number of amides is 1. The van der Waals surface area contributed by atoms with E-state index in [0.717, 1.165) is 36.6 Å². The smallest absolute Gasteiger partial charge is 0.228 e. The minimum atomic E-state index is 0. The lowest BCUT2D eigenvalue weighted by molar-refractivity contribution is -0.131. The molecule has 0 radical (unpaired) electrons. The van der Waals surface area contributed by atoms with Crippen LogP contribution in [-0.2, 0) is 16.0 Å². The molecule has 0 spiro atoms. The number of ether oxygens (including phenoxy) is 1. The van der Waals surface area contributed by atoms with Gasteiger partial charge in [0.1, 0.15) is 11.1 Å². The van der Waals surface area contributed by atoms with E-state index in [0.29, 0.717) is 19.1 Å². The minimum absolute atomic E-state index is 0. The summed E-state index contributed by atoms with van der Waals surface area (Å²) in [7, 11) is 1.96. The van der Waals surface area contributed by atoms with Crippen molar-refractivity contribution in [2.45, 2.75) is 45.3 Å². The largest absolute Gasteiger partial charge is 0.372 e. The van der Waals surface area contributed by atoms with Crippen LogP contribution in [0.15, 0.2) is 5.38 Å². The average Bonchev–Trinajstić information content (AvgIpc) is 2.96. The molecule has 1 aromatic rings. The zero-order valence-corrected chi connectivity index (χ0v) is 16.4. The van der Waals surface area contributed by atoms with Gasteiger partial charge in [0.15, 0.2) is 0 Å². The van der Waals surface area contributed by atoms with Crippen molar-refractivity contribution in [2.75, 3.05) is 26.7 Å². The summed E-state index contributed by atoms with van der Waals surface area (Å²) in [6, 6.07) is 0.423. The fourth-order valence-corrected chi connectivity index (χ4v) is 3.44. The number of aromatic nitrogens is 1. The maximum absolute atomic E-state index is 12.4. The summed E-state index contributed by atoms with van der Waals surface area (Å²) in [5.74, 6) is 0.177. The Morgan fingerprint density at radius 3 is 2.96 bits per heavy atom. The molecule has 1 N–H and O–H groups in total. The van der Waals surface area contributed by atoms with Crippen LogP contribution in [0.3, 0.4) is 0 Å². The van der Waals surface area contributed by atoms with E-state index in [-0.39, 0.29) is 36.8 Å². The number of piperidine rings is 1. The Labute approximate surface area is 155 Å². The molecule has 0 aliphatic carbocycles. The molecule has 2 heterocycles. The first kappa shape index (κ1) is 22.6. The zero-order valence-electron chi connectivity index (χ0n) is 13.9. The first-order valence-electron chi connectivity index (χ1n) is 7.65. The molecule has 0 saturated carbocycles. The number of carbonyl (C=O) groups is 1. The second-order valence-corrected chi connectivity index (χ2v) is 6.31. The third-order valence-corrected chi connectivity index (χ3v) is 4.90. The molecule has 2 rings (SSSR count). The van der Waals surface area contributed by atoms with Gasteiger partial charge in [-0.2, -0.15) is 0 Å². The number of rotatable bonds is 6. The number of hydrogen-bond acceptors (Lipinski definition) is 5. The number of nitrogens with zero attached hydrogens (tertiary/aromatic N) is 2. The highest BCUT2D eigenvalue weighted by Crippen LogP contribution is 2.22.